The van der Waals surface area contributed by atoms with E-state index in [2.05, 4.69) is 22.0 Å². The molecule has 1 atom stereocenters. The van der Waals surface area contributed by atoms with Crippen molar-refractivity contribution in [2.24, 2.45) is 0 Å². The van der Waals surface area contributed by atoms with Gasteiger partial charge in [-0.15, -0.1) is 0 Å². The van der Waals surface area contributed by atoms with Gasteiger partial charge in [0.15, 0.2) is 0 Å². The first-order valence-corrected chi connectivity index (χ1v) is 5.67. The second kappa shape index (κ2) is 3.78. The Hall–Kier alpha value is 0.270. The molecular weight excluding hydrogens is 156 g/mol. The summed E-state index contributed by atoms with van der Waals surface area (Å²) in [6, 6.07) is 0. The molecule has 1 N–H and O–H groups in total. The molecule has 0 spiro atoms. The molecule has 2 aliphatic rings. The van der Waals surface area contributed by atoms with Crippen LogP contribution in [0.1, 0.15) is 12.8 Å². The van der Waals surface area contributed by atoms with E-state index < -0.39 is 0 Å². The van der Waals surface area contributed by atoms with E-state index in [1.807, 2.05) is 0 Å². The van der Waals surface area contributed by atoms with E-state index in [0.717, 1.165) is 6.17 Å². The summed E-state index contributed by atoms with van der Waals surface area (Å²) in [7, 11) is 0. The van der Waals surface area contributed by atoms with Crippen LogP contribution in [-0.2, 0) is 0 Å². The first kappa shape index (κ1) is 7.90. The number of nitrogens with zero attached hydrogens (tertiary/aromatic N) is 1. The Balaban J connectivity index is 1.82. The average molecular weight is 172 g/mol. The number of rotatable bonds is 1. The molecule has 3 heteroatoms. The van der Waals surface area contributed by atoms with E-state index >= 15 is 0 Å². The molecule has 0 radical (unpaired) electrons. The molecule has 2 aliphatic heterocycles. The molecule has 64 valence electrons. The summed E-state index contributed by atoms with van der Waals surface area (Å²) in [5.41, 5.74) is 0. The van der Waals surface area contributed by atoms with E-state index in [1.54, 1.807) is 0 Å². The topological polar surface area (TPSA) is 15.3 Å². The summed E-state index contributed by atoms with van der Waals surface area (Å²) in [6.07, 6.45) is 3.45. The highest BCUT2D eigenvalue weighted by Crippen LogP contribution is 2.16. The highest BCUT2D eigenvalue weighted by Gasteiger charge is 2.22. The van der Waals surface area contributed by atoms with Gasteiger partial charge < -0.3 is 5.32 Å². The Morgan fingerprint density at radius 2 is 2.09 bits per heavy atom. The predicted molar refractivity (Wildman–Crippen MR) is 49.9 cm³/mol. The van der Waals surface area contributed by atoms with Gasteiger partial charge in [0.25, 0.3) is 0 Å². The first-order chi connectivity index (χ1) is 5.47. The van der Waals surface area contributed by atoms with Gasteiger partial charge in [-0.2, -0.15) is 11.8 Å². The highest BCUT2D eigenvalue weighted by molar-refractivity contribution is 7.99. The van der Waals surface area contributed by atoms with Crippen LogP contribution < -0.4 is 5.32 Å². The van der Waals surface area contributed by atoms with Crippen molar-refractivity contribution in [1.82, 2.24) is 10.2 Å². The fourth-order valence-electron chi connectivity index (χ4n) is 1.87. The zero-order valence-electron chi connectivity index (χ0n) is 6.88. The molecule has 11 heavy (non-hydrogen) atoms. The van der Waals surface area contributed by atoms with Crippen LogP contribution in [-0.4, -0.2) is 42.2 Å². The molecule has 0 aromatic heterocycles. The lowest BCUT2D eigenvalue weighted by Crippen LogP contribution is -2.45. The maximum Gasteiger partial charge on any atom is 0.0598 e. The van der Waals surface area contributed by atoms with Crippen molar-refractivity contribution in [3.63, 3.8) is 0 Å². The number of hydrogen-bond donors (Lipinski definition) is 1. The van der Waals surface area contributed by atoms with Gasteiger partial charge in [-0.25, -0.2) is 0 Å². The smallest absolute Gasteiger partial charge is 0.0598 e. The molecule has 0 aromatic rings. The molecule has 2 heterocycles. The zero-order chi connectivity index (χ0) is 7.52. The summed E-state index contributed by atoms with van der Waals surface area (Å²) < 4.78 is 0. The Morgan fingerprint density at radius 3 is 2.73 bits per heavy atom. The van der Waals surface area contributed by atoms with Gasteiger partial charge in [-0.05, 0) is 19.4 Å². The van der Waals surface area contributed by atoms with E-state index in [0.29, 0.717) is 0 Å². The molecule has 2 saturated heterocycles. The molecule has 0 aliphatic carbocycles. The van der Waals surface area contributed by atoms with Gasteiger partial charge in [0.2, 0.25) is 0 Å². The van der Waals surface area contributed by atoms with E-state index in [-0.39, 0.29) is 0 Å². The van der Waals surface area contributed by atoms with Crippen molar-refractivity contribution >= 4 is 11.8 Å². The third-order valence-corrected chi connectivity index (χ3v) is 3.46. The monoisotopic (exact) mass is 172 g/mol. The summed E-state index contributed by atoms with van der Waals surface area (Å²) >= 11 is 2.09. The fourth-order valence-corrected chi connectivity index (χ4v) is 2.80. The standard InChI is InChI=1S/C8H16N2S/c1-2-8(9-3-1)10-4-6-11-7-5-10/h8-9H,1-7H2. The Kier molecular flexibility index (Phi) is 2.72. The van der Waals surface area contributed by atoms with Crippen LogP contribution >= 0.6 is 11.8 Å². The van der Waals surface area contributed by atoms with Gasteiger partial charge in [0.05, 0.1) is 6.17 Å². The summed E-state index contributed by atoms with van der Waals surface area (Å²) in [4.78, 5) is 2.60. The second-order valence-electron chi connectivity index (χ2n) is 3.26. The third-order valence-electron chi connectivity index (χ3n) is 2.52. The van der Waals surface area contributed by atoms with Gasteiger partial charge in [-0.3, -0.25) is 4.90 Å². The molecule has 1 unspecified atom stereocenters. The van der Waals surface area contributed by atoms with Crippen molar-refractivity contribution < 1.29 is 0 Å². The molecule has 0 saturated carbocycles. The molecule has 2 fully saturated rings. The van der Waals surface area contributed by atoms with Crippen LogP contribution in [0.15, 0.2) is 0 Å². The highest BCUT2D eigenvalue weighted by atomic mass is 32.2. The van der Waals surface area contributed by atoms with Crippen molar-refractivity contribution in [2.75, 3.05) is 31.1 Å². The number of nitrogens with one attached hydrogen (secondary N) is 1. The molecule has 2 rings (SSSR count). The van der Waals surface area contributed by atoms with Crippen LogP contribution in [0, 0.1) is 0 Å². The summed E-state index contributed by atoms with van der Waals surface area (Å²) in [5.74, 6) is 2.66. The van der Waals surface area contributed by atoms with Crippen LogP contribution in [0.5, 0.6) is 0 Å². The van der Waals surface area contributed by atoms with Gasteiger partial charge >= 0.3 is 0 Å². The lowest BCUT2D eigenvalue weighted by molar-refractivity contribution is 0.200. The van der Waals surface area contributed by atoms with Crippen LogP contribution in [0.4, 0.5) is 0 Å². The van der Waals surface area contributed by atoms with E-state index in [9.17, 15) is 0 Å². The normalized spacial score (nSPS) is 34.4. The fraction of sp³-hybridized carbons (Fsp3) is 1.00. The average Bonchev–Trinajstić information content (AvgIpc) is 2.58. The zero-order valence-corrected chi connectivity index (χ0v) is 7.70. The maximum absolute atomic E-state index is 3.54. The van der Waals surface area contributed by atoms with Crippen molar-refractivity contribution in [1.29, 1.82) is 0 Å². The Morgan fingerprint density at radius 1 is 1.27 bits per heavy atom. The second-order valence-corrected chi connectivity index (χ2v) is 4.49. The number of hydrogen-bond acceptors (Lipinski definition) is 3. The Bertz CT molecular complexity index is 117. The Labute approximate surface area is 72.7 Å². The minimum Gasteiger partial charge on any atom is -0.302 e. The van der Waals surface area contributed by atoms with Crippen LogP contribution in [0.25, 0.3) is 0 Å². The first-order valence-electron chi connectivity index (χ1n) is 4.52. The molecule has 0 amide bonds. The van der Waals surface area contributed by atoms with Crippen LogP contribution in [0.2, 0.25) is 0 Å². The SMILES string of the molecule is C1CNC(N2CCSCC2)C1. The quantitative estimate of drug-likeness (QED) is 0.628. The largest absolute Gasteiger partial charge is 0.302 e. The van der Waals surface area contributed by atoms with Crippen molar-refractivity contribution in [3.8, 4) is 0 Å². The molecule has 0 bridgehead atoms. The van der Waals surface area contributed by atoms with Gasteiger partial charge in [-0.1, -0.05) is 0 Å². The lowest BCUT2D eigenvalue weighted by atomic mass is 10.3. The van der Waals surface area contributed by atoms with Gasteiger partial charge in [0, 0.05) is 24.6 Å². The van der Waals surface area contributed by atoms with Gasteiger partial charge in [0.1, 0.15) is 0 Å². The summed E-state index contributed by atoms with van der Waals surface area (Å²) in [6.45, 7) is 3.82. The van der Waals surface area contributed by atoms with E-state index in [4.69, 9.17) is 0 Å². The van der Waals surface area contributed by atoms with Crippen LogP contribution in [0.3, 0.4) is 0 Å². The lowest BCUT2D eigenvalue weighted by Gasteiger charge is -2.31. The minimum absolute atomic E-state index is 0.718. The summed E-state index contributed by atoms with van der Waals surface area (Å²) in [5, 5.41) is 3.54. The molecule has 0 aromatic carbocycles. The molecular formula is C8H16N2S. The van der Waals surface area contributed by atoms with Crippen molar-refractivity contribution in [2.45, 2.75) is 19.0 Å². The molecule has 2 nitrogen and oxygen atoms in total. The van der Waals surface area contributed by atoms with Crippen molar-refractivity contribution in [3.05, 3.63) is 0 Å². The predicted octanol–water partition coefficient (Wildman–Crippen LogP) is 0.745. The minimum atomic E-state index is 0.718. The third kappa shape index (κ3) is 1.89. The number of thioether (sulfide) groups is 1. The maximum atomic E-state index is 3.54. The van der Waals surface area contributed by atoms with E-state index in [1.165, 1.54) is 44.0 Å².